The van der Waals surface area contributed by atoms with E-state index in [9.17, 15) is 0 Å². The van der Waals surface area contributed by atoms with Crippen LogP contribution in [0, 0.1) is 11.7 Å². The van der Waals surface area contributed by atoms with E-state index in [2.05, 4.69) is 46.4 Å². The summed E-state index contributed by atoms with van der Waals surface area (Å²) in [5.41, 5.74) is 3.45. The van der Waals surface area contributed by atoms with E-state index < -0.39 is 0 Å². The van der Waals surface area contributed by atoms with E-state index in [1.54, 1.807) is 12.4 Å². The topological polar surface area (TPSA) is 46.5 Å². The van der Waals surface area contributed by atoms with Gasteiger partial charge < -0.3 is 0 Å². The molecule has 4 nitrogen and oxygen atoms in total. The third-order valence-electron chi connectivity index (χ3n) is 3.12. The SMILES string of the molecule is Cc1cccc(Cn2c(-c3ccncc3)n[nH]c2=S)c1. The Bertz CT molecular complexity index is 774. The van der Waals surface area contributed by atoms with E-state index in [1.807, 2.05) is 16.7 Å². The maximum atomic E-state index is 5.33. The summed E-state index contributed by atoms with van der Waals surface area (Å²) in [6.07, 6.45) is 3.51. The molecule has 0 unspecified atom stereocenters. The summed E-state index contributed by atoms with van der Waals surface area (Å²) < 4.78 is 2.62. The average molecular weight is 282 g/mol. The molecule has 0 fully saturated rings. The second kappa shape index (κ2) is 5.38. The zero-order valence-electron chi connectivity index (χ0n) is 11.1. The Hall–Kier alpha value is -2.27. The maximum Gasteiger partial charge on any atom is 0.195 e. The number of aryl methyl sites for hydroxylation is 1. The number of nitrogens with zero attached hydrogens (tertiary/aromatic N) is 3. The summed E-state index contributed by atoms with van der Waals surface area (Å²) in [6.45, 7) is 2.79. The number of pyridine rings is 1. The molecule has 0 amide bonds. The number of aromatic nitrogens is 4. The zero-order chi connectivity index (χ0) is 13.9. The van der Waals surface area contributed by atoms with Crippen molar-refractivity contribution in [3.05, 3.63) is 64.7 Å². The Morgan fingerprint density at radius 2 is 2.00 bits per heavy atom. The molecular formula is C15H14N4S. The van der Waals surface area contributed by atoms with Crippen molar-refractivity contribution in [3.63, 3.8) is 0 Å². The first kappa shape index (κ1) is 12.7. The Balaban J connectivity index is 2.02. The van der Waals surface area contributed by atoms with E-state index in [1.165, 1.54) is 11.1 Å². The minimum atomic E-state index is 0.623. The molecule has 0 saturated carbocycles. The molecule has 1 N–H and O–H groups in total. The lowest BCUT2D eigenvalue weighted by Gasteiger charge is -2.07. The lowest BCUT2D eigenvalue weighted by molar-refractivity contribution is 0.789. The van der Waals surface area contributed by atoms with Gasteiger partial charge in [-0.05, 0) is 36.8 Å². The van der Waals surface area contributed by atoms with Crippen LogP contribution in [0.5, 0.6) is 0 Å². The van der Waals surface area contributed by atoms with Gasteiger partial charge in [0, 0.05) is 18.0 Å². The van der Waals surface area contributed by atoms with Crippen LogP contribution in [0.1, 0.15) is 11.1 Å². The van der Waals surface area contributed by atoms with Crippen molar-refractivity contribution in [2.75, 3.05) is 0 Å². The highest BCUT2D eigenvalue weighted by Gasteiger charge is 2.09. The number of hydrogen-bond donors (Lipinski definition) is 1. The van der Waals surface area contributed by atoms with Gasteiger partial charge in [-0.15, -0.1) is 0 Å². The minimum Gasteiger partial charge on any atom is -0.296 e. The highest BCUT2D eigenvalue weighted by atomic mass is 32.1. The van der Waals surface area contributed by atoms with Crippen LogP contribution >= 0.6 is 12.2 Å². The summed E-state index contributed by atoms with van der Waals surface area (Å²) in [5.74, 6) is 0.832. The lowest BCUT2D eigenvalue weighted by Crippen LogP contribution is -2.02. The molecule has 0 spiro atoms. The van der Waals surface area contributed by atoms with Crippen LogP contribution in [0.15, 0.2) is 48.8 Å². The van der Waals surface area contributed by atoms with Gasteiger partial charge in [-0.1, -0.05) is 29.8 Å². The van der Waals surface area contributed by atoms with Gasteiger partial charge in [0.1, 0.15) is 0 Å². The number of hydrogen-bond acceptors (Lipinski definition) is 3. The van der Waals surface area contributed by atoms with Crippen molar-refractivity contribution in [2.45, 2.75) is 13.5 Å². The van der Waals surface area contributed by atoms with Gasteiger partial charge in [0.2, 0.25) is 0 Å². The van der Waals surface area contributed by atoms with Crippen LogP contribution in [-0.2, 0) is 6.54 Å². The molecule has 1 aromatic carbocycles. The van der Waals surface area contributed by atoms with Crippen LogP contribution in [0.4, 0.5) is 0 Å². The lowest BCUT2D eigenvalue weighted by atomic mass is 10.1. The largest absolute Gasteiger partial charge is 0.296 e. The molecule has 0 saturated heterocycles. The molecule has 0 bridgehead atoms. The van der Waals surface area contributed by atoms with Crippen molar-refractivity contribution < 1.29 is 0 Å². The monoisotopic (exact) mass is 282 g/mol. The Labute approximate surface area is 122 Å². The van der Waals surface area contributed by atoms with Gasteiger partial charge in [-0.2, -0.15) is 5.10 Å². The minimum absolute atomic E-state index is 0.623. The van der Waals surface area contributed by atoms with Gasteiger partial charge in [0.15, 0.2) is 10.6 Å². The normalized spacial score (nSPS) is 10.7. The van der Waals surface area contributed by atoms with Crippen molar-refractivity contribution >= 4 is 12.2 Å². The van der Waals surface area contributed by atoms with E-state index in [4.69, 9.17) is 12.2 Å². The molecule has 2 aromatic heterocycles. The van der Waals surface area contributed by atoms with E-state index >= 15 is 0 Å². The first-order valence-corrected chi connectivity index (χ1v) is 6.76. The van der Waals surface area contributed by atoms with E-state index in [0.29, 0.717) is 11.3 Å². The van der Waals surface area contributed by atoms with E-state index in [0.717, 1.165) is 11.4 Å². The standard InChI is InChI=1S/C15H14N4S/c1-11-3-2-4-12(9-11)10-19-14(17-18-15(19)20)13-5-7-16-8-6-13/h2-9H,10H2,1H3,(H,18,20). The fourth-order valence-corrected chi connectivity index (χ4v) is 2.38. The first-order chi connectivity index (χ1) is 9.74. The Morgan fingerprint density at radius 1 is 1.20 bits per heavy atom. The number of H-pyrrole nitrogens is 1. The summed E-state index contributed by atoms with van der Waals surface area (Å²) >= 11 is 5.33. The van der Waals surface area contributed by atoms with Crippen molar-refractivity contribution in [2.24, 2.45) is 0 Å². The van der Waals surface area contributed by atoms with Crippen LogP contribution in [-0.4, -0.2) is 19.7 Å². The molecule has 0 aliphatic heterocycles. The average Bonchev–Trinajstić information content (AvgIpc) is 2.81. The third-order valence-corrected chi connectivity index (χ3v) is 3.43. The predicted octanol–water partition coefficient (Wildman–Crippen LogP) is 3.36. The third kappa shape index (κ3) is 2.53. The number of benzene rings is 1. The van der Waals surface area contributed by atoms with Crippen LogP contribution < -0.4 is 0 Å². The van der Waals surface area contributed by atoms with Crippen LogP contribution in [0.3, 0.4) is 0 Å². The summed E-state index contributed by atoms with van der Waals surface area (Å²) in [6, 6.07) is 12.3. The van der Waals surface area contributed by atoms with Gasteiger partial charge >= 0.3 is 0 Å². The fourth-order valence-electron chi connectivity index (χ4n) is 2.18. The molecule has 0 radical (unpaired) electrons. The van der Waals surface area contributed by atoms with Crippen molar-refractivity contribution in [1.82, 2.24) is 19.7 Å². The molecule has 5 heteroatoms. The number of rotatable bonds is 3. The fraction of sp³-hybridized carbons (Fsp3) is 0.133. The van der Waals surface area contributed by atoms with Crippen molar-refractivity contribution in [3.8, 4) is 11.4 Å². The summed E-state index contributed by atoms with van der Waals surface area (Å²) in [5, 5.41) is 7.19. The van der Waals surface area contributed by atoms with Gasteiger partial charge in [-0.25, -0.2) is 0 Å². The number of aromatic amines is 1. The Kier molecular flexibility index (Phi) is 3.43. The molecule has 2 heterocycles. The number of nitrogens with one attached hydrogen (secondary N) is 1. The molecule has 3 rings (SSSR count). The smallest absolute Gasteiger partial charge is 0.195 e. The molecule has 3 aromatic rings. The predicted molar refractivity (Wildman–Crippen MR) is 80.9 cm³/mol. The zero-order valence-corrected chi connectivity index (χ0v) is 11.9. The first-order valence-electron chi connectivity index (χ1n) is 6.35. The summed E-state index contributed by atoms with van der Waals surface area (Å²) in [4.78, 5) is 4.03. The molecule has 0 aliphatic rings. The Morgan fingerprint density at radius 3 is 2.75 bits per heavy atom. The van der Waals surface area contributed by atoms with Crippen LogP contribution in [0.25, 0.3) is 11.4 Å². The molecular weight excluding hydrogens is 268 g/mol. The van der Waals surface area contributed by atoms with Crippen molar-refractivity contribution in [1.29, 1.82) is 0 Å². The maximum absolute atomic E-state index is 5.33. The van der Waals surface area contributed by atoms with Crippen LogP contribution in [0.2, 0.25) is 0 Å². The van der Waals surface area contributed by atoms with Gasteiger partial charge in [0.05, 0.1) is 6.54 Å². The molecule has 100 valence electrons. The highest BCUT2D eigenvalue weighted by Crippen LogP contribution is 2.17. The summed E-state index contributed by atoms with van der Waals surface area (Å²) in [7, 11) is 0. The van der Waals surface area contributed by atoms with Gasteiger partial charge in [0.25, 0.3) is 0 Å². The second-order valence-electron chi connectivity index (χ2n) is 4.66. The molecule has 20 heavy (non-hydrogen) atoms. The van der Waals surface area contributed by atoms with Gasteiger partial charge in [-0.3, -0.25) is 14.6 Å². The highest BCUT2D eigenvalue weighted by molar-refractivity contribution is 7.71. The molecule has 0 atom stereocenters. The quantitative estimate of drug-likeness (QED) is 0.749. The second-order valence-corrected chi connectivity index (χ2v) is 5.05. The molecule has 0 aliphatic carbocycles. The van der Waals surface area contributed by atoms with E-state index in [-0.39, 0.29) is 0 Å².